The number of ether oxygens (including phenoxy) is 3. The van der Waals surface area contributed by atoms with Gasteiger partial charge in [-0.05, 0) is 25.0 Å². The summed E-state index contributed by atoms with van der Waals surface area (Å²) >= 11 is 0. The highest BCUT2D eigenvalue weighted by Gasteiger charge is 2.27. The van der Waals surface area contributed by atoms with E-state index in [1.54, 1.807) is 18.9 Å². The van der Waals surface area contributed by atoms with Gasteiger partial charge in [0.2, 0.25) is 0 Å². The van der Waals surface area contributed by atoms with Crippen LogP contribution < -0.4 is 15.2 Å². The molecule has 22 heavy (non-hydrogen) atoms. The van der Waals surface area contributed by atoms with Gasteiger partial charge < -0.3 is 19.9 Å². The second kappa shape index (κ2) is 6.33. The molecule has 7 heteroatoms. The normalized spacial score (nSPS) is 17.7. The van der Waals surface area contributed by atoms with Crippen LogP contribution in [0, 0.1) is 0 Å². The highest BCUT2D eigenvalue weighted by molar-refractivity contribution is 5.52. The average Bonchev–Trinajstić information content (AvgIpc) is 3.22. The Kier molecular flexibility index (Phi) is 4.26. The topological polar surface area (TPSA) is 84.4 Å². The Balaban J connectivity index is 2.13. The van der Waals surface area contributed by atoms with Crippen molar-refractivity contribution in [3.63, 3.8) is 0 Å². The van der Waals surface area contributed by atoms with Crippen LogP contribution in [-0.4, -0.2) is 35.8 Å². The summed E-state index contributed by atoms with van der Waals surface area (Å²) < 4.78 is 18.3. The zero-order valence-electron chi connectivity index (χ0n) is 12.8. The number of rotatable bonds is 5. The van der Waals surface area contributed by atoms with Crippen molar-refractivity contribution in [3.05, 3.63) is 29.6 Å². The molecule has 0 bridgehead atoms. The lowest BCUT2D eigenvalue weighted by Gasteiger charge is -2.16. The molecule has 0 saturated carbocycles. The van der Waals surface area contributed by atoms with Gasteiger partial charge in [-0.2, -0.15) is 0 Å². The second-order valence-corrected chi connectivity index (χ2v) is 5.08. The van der Waals surface area contributed by atoms with Crippen LogP contribution in [0.5, 0.6) is 11.5 Å². The molecule has 3 rings (SSSR count). The summed E-state index contributed by atoms with van der Waals surface area (Å²) in [6, 6.07) is 5.55. The first-order valence-corrected chi connectivity index (χ1v) is 7.27. The summed E-state index contributed by atoms with van der Waals surface area (Å²) in [5, 5.41) is 8.46. The van der Waals surface area contributed by atoms with Crippen LogP contribution >= 0.6 is 0 Å². The number of aromatic nitrogens is 3. The van der Waals surface area contributed by atoms with Gasteiger partial charge in [-0.25, -0.2) is 4.68 Å². The maximum Gasteiger partial charge on any atom is 0.144 e. The lowest BCUT2D eigenvalue weighted by atomic mass is 10.1. The average molecular weight is 304 g/mol. The minimum absolute atomic E-state index is 0.0375. The third-order valence-corrected chi connectivity index (χ3v) is 3.82. The molecule has 1 aliphatic rings. The fourth-order valence-electron chi connectivity index (χ4n) is 2.72. The Bertz CT molecular complexity index is 650. The molecule has 1 fully saturated rings. The van der Waals surface area contributed by atoms with Gasteiger partial charge in [0.05, 0.1) is 19.9 Å². The summed E-state index contributed by atoms with van der Waals surface area (Å²) in [4.78, 5) is 0. The minimum atomic E-state index is -0.0375. The molecule has 2 heterocycles. The Morgan fingerprint density at radius 1 is 1.36 bits per heavy atom. The second-order valence-electron chi connectivity index (χ2n) is 5.08. The molecular formula is C15H20N4O3. The van der Waals surface area contributed by atoms with Crippen molar-refractivity contribution in [2.45, 2.75) is 25.5 Å². The smallest absolute Gasteiger partial charge is 0.144 e. The predicted molar refractivity (Wildman–Crippen MR) is 80.3 cm³/mol. The standard InChI is InChI=1S/C15H20N4O3/c1-20-10-5-6-13(21-2)12(8-10)19-15(11(9-16)17-18-19)14-4-3-7-22-14/h5-6,8,14H,3-4,7,9,16H2,1-2H3. The van der Waals surface area contributed by atoms with E-state index in [9.17, 15) is 0 Å². The number of hydrogen-bond acceptors (Lipinski definition) is 6. The van der Waals surface area contributed by atoms with E-state index in [1.807, 2.05) is 18.2 Å². The minimum Gasteiger partial charge on any atom is -0.497 e. The van der Waals surface area contributed by atoms with Crippen LogP contribution in [-0.2, 0) is 11.3 Å². The van der Waals surface area contributed by atoms with Crippen molar-refractivity contribution in [1.29, 1.82) is 0 Å². The van der Waals surface area contributed by atoms with E-state index in [2.05, 4.69) is 10.3 Å². The Labute approximate surface area is 129 Å². The molecule has 0 spiro atoms. The van der Waals surface area contributed by atoms with E-state index in [0.717, 1.165) is 42.3 Å². The van der Waals surface area contributed by atoms with Crippen molar-refractivity contribution in [2.24, 2.45) is 5.73 Å². The van der Waals surface area contributed by atoms with E-state index >= 15 is 0 Å². The van der Waals surface area contributed by atoms with Gasteiger partial charge in [0.15, 0.2) is 0 Å². The van der Waals surface area contributed by atoms with Crippen LogP contribution in [0.25, 0.3) is 5.69 Å². The highest BCUT2D eigenvalue weighted by atomic mass is 16.5. The largest absolute Gasteiger partial charge is 0.497 e. The van der Waals surface area contributed by atoms with E-state index in [1.165, 1.54) is 0 Å². The van der Waals surface area contributed by atoms with Crippen molar-refractivity contribution in [1.82, 2.24) is 15.0 Å². The lowest BCUT2D eigenvalue weighted by molar-refractivity contribution is 0.106. The fourth-order valence-corrected chi connectivity index (χ4v) is 2.72. The van der Waals surface area contributed by atoms with Gasteiger partial charge in [0.25, 0.3) is 0 Å². The maximum atomic E-state index is 5.81. The van der Waals surface area contributed by atoms with Crippen LogP contribution in [0.3, 0.4) is 0 Å². The van der Waals surface area contributed by atoms with Crippen LogP contribution in [0.15, 0.2) is 18.2 Å². The summed E-state index contributed by atoms with van der Waals surface area (Å²) in [7, 11) is 3.25. The van der Waals surface area contributed by atoms with Gasteiger partial charge >= 0.3 is 0 Å². The quantitative estimate of drug-likeness (QED) is 0.903. The molecule has 118 valence electrons. The fraction of sp³-hybridized carbons (Fsp3) is 0.467. The van der Waals surface area contributed by atoms with Crippen LogP contribution in [0.2, 0.25) is 0 Å². The third kappa shape index (κ3) is 2.53. The molecule has 1 saturated heterocycles. The summed E-state index contributed by atoms with van der Waals surface area (Å²) in [5.41, 5.74) is 8.21. The number of nitrogens with zero attached hydrogens (tertiary/aromatic N) is 3. The lowest BCUT2D eigenvalue weighted by Crippen LogP contribution is -2.11. The molecule has 7 nitrogen and oxygen atoms in total. The molecule has 0 radical (unpaired) electrons. The van der Waals surface area contributed by atoms with Crippen molar-refractivity contribution >= 4 is 0 Å². The molecule has 0 amide bonds. The first-order chi connectivity index (χ1) is 10.8. The first-order valence-electron chi connectivity index (χ1n) is 7.27. The highest BCUT2D eigenvalue weighted by Crippen LogP contribution is 2.34. The number of methoxy groups -OCH3 is 2. The molecule has 2 aromatic rings. The summed E-state index contributed by atoms with van der Waals surface area (Å²) in [6.07, 6.45) is 1.92. The monoisotopic (exact) mass is 304 g/mol. The van der Waals surface area contributed by atoms with Gasteiger partial charge in [0.1, 0.15) is 29.0 Å². The van der Waals surface area contributed by atoms with E-state index in [-0.39, 0.29) is 6.10 Å². The molecule has 1 aromatic carbocycles. The number of hydrogen-bond donors (Lipinski definition) is 1. The predicted octanol–water partition coefficient (Wildman–Crippen LogP) is 1.59. The molecule has 0 aliphatic carbocycles. The van der Waals surface area contributed by atoms with Crippen molar-refractivity contribution < 1.29 is 14.2 Å². The third-order valence-electron chi connectivity index (χ3n) is 3.82. The molecule has 1 aromatic heterocycles. The van der Waals surface area contributed by atoms with E-state index in [0.29, 0.717) is 12.3 Å². The van der Waals surface area contributed by atoms with Crippen molar-refractivity contribution in [2.75, 3.05) is 20.8 Å². The number of benzene rings is 1. The molecule has 1 atom stereocenters. The Morgan fingerprint density at radius 2 is 2.23 bits per heavy atom. The number of nitrogens with two attached hydrogens (primary N) is 1. The van der Waals surface area contributed by atoms with Gasteiger partial charge in [-0.3, -0.25) is 0 Å². The first kappa shape index (κ1) is 14.8. The van der Waals surface area contributed by atoms with Crippen LogP contribution in [0.4, 0.5) is 0 Å². The zero-order valence-corrected chi connectivity index (χ0v) is 12.8. The SMILES string of the molecule is COc1ccc(OC)c(-n2nnc(CN)c2C2CCCO2)c1. The Hall–Kier alpha value is -2.12. The summed E-state index contributed by atoms with van der Waals surface area (Å²) in [6.45, 7) is 1.07. The van der Waals surface area contributed by atoms with E-state index < -0.39 is 0 Å². The zero-order chi connectivity index (χ0) is 15.5. The van der Waals surface area contributed by atoms with Gasteiger partial charge in [0, 0.05) is 19.2 Å². The van der Waals surface area contributed by atoms with E-state index in [4.69, 9.17) is 19.9 Å². The molecule has 2 N–H and O–H groups in total. The van der Waals surface area contributed by atoms with Crippen molar-refractivity contribution in [3.8, 4) is 17.2 Å². The van der Waals surface area contributed by atoms with Gasteiger partial charge in [-0.1, -0.05) is 5.21 Å². The van der Waals surface area contributed by atoms with Crippen LogP contribution in [0.1, 0.15) is 30.3 Å². The molecule has 1 aliphatic heterocycles. The Morgan fingerprint density at radius 3 is 2.86 bits per heavy atom. The molecule has 1 unspecified atom stereocenters. The maximum absolute atomic E-state index is 5.81. The molecular weight excluding hydrogens is 284 g/mol. The summed E-state index contributed by atoms with van der Waals surface area (Å²) in [5.74, 6) is 1.41. The van der Waals surface area contributed by atoms with Gasteiger partial charge in [-0.15, -0.1) is 5.10 Å².